The van der Waals surface area contributed by atoms with Gasteiger partial charge in [0.15, 0.2) is 5.11 Å². The molecule has 0 aliphatic heterocycles. The minimum absolute atomic E-state index is 0.205. The number of hydrogen-bond acceptors (Lipinski definition) is 6. The summed E-state index contributed by atoms with van der Waals surface area (Å²) in [5.41, 5.74) is 7.63. The molecule has 162 valence electrons. The molecule has 0 atom stereocenters. The minimum atomic E-state index is -0.613. The third kappa shape index (κ3) is 5.47. The van der Waals surface area contributed by atoms with E-state index in [-0.39, 0.29) is 17.4 Å². The maximum absolute atomic E-state index is 12.5. The van der Waals surface area contributed by atoms with Gasteiger partial charge < -0.3 is 21.1 Å². The number of primary amides is 1. The number of amides is 1. The summed E-state index contributed by atoms with van der Waals surface area (Å²) in [7, 11) is 0. The molecule has 0 spiro atoms. The topological polar surface area (TPSA) is 111 Å². The van der Waals surface area contributed by atoms with Crippen LogP contribution >= 0.6 is 23.6 Å². The largest absolute Gasteiger partial charge is 0.462 e. The molecule has 1 amide bonds. The van der Waals surface area contributed by atoms with Crippen LogP contribution in [0.15, 0.2) is 42.6 Å². The smallest absolute Gasteiger partial charge is 0.341 e. The highest BCUT2D eigenvalue weighted by Crippen LogP contribution is 2.31. The van der Waals surface area contributed by atoms with Crippen molar-refractivity contribution in [2.24, 2.45) is 5.73 Å². The quantitative estimate of drug-likeness (QED) is 0.350. The van der Waals surface area contributed by atoms with E-state index in [4.69, 9.17) is 22.7 Å². The fourth-order valence-corrected chi connectivity index (χ4v) is 4.37. The Hall–Kier alpha value is -3.24. The first-order valence-electron chi connectivity index (χ1n) is 9.70. The molecule has 0 saturated carbocycles. The standard InChI is InChI=1S/C21H23N5O3S2/c1-3-26-17(18(22)27)16(12-23-26)24-21(30)25-19-15(20(28)29-4-2)11-14(31-19)10-13-8-6-5-7-9-13/h5-9,11-12H,3-4,10H2,1-2H3,(H2,22,27)(H2,24,25,30). The van der Waals surface area contributed by atoms with Crippen LogP contribution in [-0.2, 0) is 17.7 Å². The fraction of sp³-hybridized carbons (Fsp3) is 0.238. The number of aromatic nitrogens is 2. The van der Waals surface area contributed by atoms with Crippen LogP contribution in [0.1, 0.15) is 45.1 Å². The summed E-state index contributed by atoms with van der Waals surface area (Å²) in [5.74, 6) is -1.04. The number of hydrogen-bond donors (Lipinski definition) is 3. The molecule has 10 heteroatoms. The number of thiocarbonyl (C=S) groups is 1. The van der Waals surface area contributed by atoms with Crippen molar-refractivity contribution in [2.75, 3.05) is 17.2 Å². The third-order valence-electron chi connectivity index (χ3n) is 4.35. The molecule has 2 heterocycles. The number of carbonyl (C=O) groups excluding carboxylic acids is 2. The molecule has 0 fully saturated rings. The first-order valence-corrected chi connectivity index (χ1v) is 10.9. The van der Waals surface area contributed by atoms with E-state index in [9.17, 15) is 9.59 Å². The number of nitrogens with one attached hydrogen (secondary N) is 2. The number of nitrogens with two attached hydrogens (primary N) is 1. The summed E-state index contributed by atoms with van der Waals surface area (Å²) in [4.78, 5) is 25.2. The van der Waals surface area contributed by atoms with Crippen LogP contribution < -0.4 is 16.4 Å². The van der Waals surface area contributed by atoms with Gasteiger partial charge in [0.1, 0.15) is 10.7 Å². The first kappa shape index (κ1) is 22.4. The molecule has 4 N–H and O–H groups in total. The van der Waals surface area contributed by atoms with E-state index in [0.717, 1.165) is 10.4 Å². The predicted octanol–water partition coefficient (Wildman–Crippen LogP) is 3.64. The van der Waals surface area contributed by atoms with Gasteiger partial charge in [-0.05, 0) is 37.7 Å². The molecular weight excluding hydrogens is 434 g/mol. The molecule has 31 heavy (non-hydrogen) atoms. The zero-order valence-corrected chi connectivity index (χ0v) is 18.8. The van der Waals surface area contributed by atoms with Crippen LogP contribution in [0, 0.1) is 0 Å². The highest BCUT2D eigenvalue weighted by atomic mass is 32.1. The fourth-order valence-electron chi connectivity index (χ4n) is 3.01. The molecule has 0 aliphatic carbocycles. The first-order chi connectivity index (χ1) is 14.9. The zero-order chi connectivity index (χ0) is 22.4. The molecule has 8 nitrogen and oxygen atoms in total. The monoisotopic (exact) mass is 457 g/mol. The lowest BCUT2D eigenvalue weighted by Crippen LogP contribution is -2.24. The second kappa shape index (κ2) is 10.2. The lowest BCUT2D eigenvalue weighted by atomic mass is 10.1. The number of ether oxygens (including phenoxy) is 1. The van der Waals surface area contributed by atoms with E-state index >= 15 is 0 Å². The minimum Gasteiger partial charge on any atom is -0.462 e. The van der Waals surface area contributed by atoms with Crippen LogP contribution in [0.3, 0.4) is 0 Å². The molecule has 0 bridgehead atoms. The number of benzene rings is 1. The van der Waals surface area contributed by atoms with Crippen molar-refractivity contribution in [2.45, 2.75) is 26.8 Å². The summed E-state index contributed by atoms with van der Waals surface area (Å²) in [6.45, 7) is 4.36. The van der Waals surface area contributed by atoms with Gasteiger partial charge in [-0.1, -0.05) is 30.3 Å². The highest BCUT2D eigenvalue weighted by Gasteiger charge is 2.20. The van der Waals surface area contributed by atoms with Gasteiger partial charge in [-0.3, -0.25) is 9.48 Å². The summed E-state index contributed by atoms with van der Waals surface area (Å²) >= 11 is 6.82. The molecule has 3 rings (SSSR count). The van der Waals surface area contributed by atoms with Gasteiger partial charge in [-0.15, -0.1) is 11.3 Å². The van der Waals surface area contributed by atoms with Crippen LogP contribution in [0.4, 0.5) is 10.7 Å². The Morgan fingerprint density at radius 1 is 1.23 bits per heavy atom. The van der Waals surface area contributed by atoms with E-state index in [0.29, 0.717) is 29.2 Å². The summed E-state index contributed by atoms with van der Waals surface area (Å²) in [5, 5.41) is 10.9. The summed E-state index contributed by atoms with van der Waals surface area (Å²) in [6, 6.07) is 11.8. The zero-order valence-electron chi connectivity index (χ0n) is 17.2. The Morgan fingerprint density at radius 2 is 1.97 bits per heavy atom. The van der Waals surface area contributed by atoms with Gasteiger partial charge in [-0.25, -0.2) is 4.79 Å². The normalized spacial score (nSPS) is 10.5. The Balaban J connectivity index is 1.82. The maximum atomic E-state index is 12.5. The van der Waals surface area contributed by atoms with Crippen molar-refractivity contribution < 1.29 is 14.3 Å². The Morgan fingerprint density at radius 3 is 2.61 bits per heavy atom. The average molecular weight is 458 g/mol. The number of carbonyl (C=O) groups is 2. The molecule has 0 aliphatic rings. The molecule has 0 radical (unpaired) electrons. The molecule has 0 saturated heterocycles. The lowest BCUT2D eigenvalue weighted by Gasteiger charge is -2.11. The summed E-state index contributed by atoms with van der Waals surface area (Å²) < 4.78 is 6.68. The molecule has 0 unspecified atom stereocenters. The highest BCUT2D eigenvalue weighted by molar-refractivity contribution is 7.80. The number of esters is 1. The molecular formula is C21H23N5O3S2. The van der Waals surface area contributed by atoms with Gasteiger partial charge in [0.25, 0.3) is 5.91 Å². The van der Waals surface area contributed by atoms with Crippen molar-refractivity contribution >= 4 is 51.2 Å². The van der Waals surface area contributed by atoms with Crippen LogP contribution in [0.25, 0.3) is 0 Å². The Bertz CT molecular complexity index is 1090. The number of anilines is 2. The Labute approximate surface area is 189 Å². The lowest BCUT2D eigenvalue weighted by molar-refractivity contribution is 0.0528. The second-order valence-electron chi connectivity index (χ2n) is 6.50. The third-order valence-corrected chi connectivity index (χ3v) is 5.60. The van der Waals surface area contributed by atoms with Gasteiger partial charge in [0.2, 0.25) is 0 Å². The Kier molecular flexibility index (Phi) is 7.37. The van der Waals surface area contributed by atoms with Crippen LogP contribution in [0.2, 0.25) is 0 Å². The van der Waals surface area contributed by atoms with Gasteiger partial charge in [-0.2, -0.15) is 5.10 Å². The van der Waals surface area contributed by atoms with Gasteiger partial charge in [0.05, 0.1) is 24.1 Å². The molecule has 2 aromatic heterocycles. The van der Waals surface area contributed by atoms with Crippen molar-refractivity contribution in [1.82, 2.24) is 9.78 Å². The van der Waals surface area contributed by atoms with E-state index in [1.54, 1.807) is 6.92 Å². The number of nitrogens with zero attached hydrogens (tertiary/aromatic N) is 2. The van der Waals surface area contributed by atoms with E-state index < -0.39 is 11.9 Å². The molecule has 3 aromatic rings. The van der Waals surface area contributed by atoms with E-state index in [1.807, 2.05) is 43.3 Å². The average Bonchev–Trinajstić information content (AvgIpc) is 3.32. The SMILES string of the molecule is CCOC(=O)c1cc(Cc2ccccc2)sc1NC(=S)Nc1cnn(CC)c1C(N)=O. The maximum Gasteiger partial charge on any atom is 0.341 e. The van der Waals surface area contributed by atoms with Crippen LogP contribution in [0.5, 0.6) is 0 Å². The van der Waals surface area contributed by atoms with Crippen molar-refractivity contribution in [3.63, 3.8) is 0 Å². The van der Waals surface area contributed by atoms with Crippen LogP contribution in [-0.4, -0.2) is 33.4 Å². The summed E-state index contributed by atoms with van der Waals surface area (Å²) in [6.07, 6.45) is 2.16. The number of aryl methyl sites for hydroxylation is 1. The van der Waals surface area contributed by atoms with E-state index in [1.165, 1.54) is 22.2 Å². The van der Waals surface area contributed by atoms with Crippen molar-refractivity contribution in [1.29, 1.82) is 0 Å². The molecule has 1 aromatic carbocycles. The predicted molar refractivity (Wildman–Crippen MR) is 126 cm³/mol. The van der Waals surface area contributed by atoms with Crippen molar-refractivity contribution in [3.05, 3.63) is 64.3 Å². The van der Waals surface area contributed by atoms with E-state index in [2.05, 4.69) is 15.7 Å². The second-order valence-corrected chi connectivity index (χ2v) is 8.05. The van der Waals surface area contributed by atoms with Crippen molar-refractivity contribution in [3.8, 4) is 0 Å². The van der Waals surface area contributed by atoms with Gasteiger partial charge in [0, 0.05) is 17.8 Å². The van der Waals surface area contributed by atoms with Gasteiger partial charge >= 0.3 is 5.97 Å². The number of thiophene rings is 1. The number of rotatable bonds is 8.